The lowest BCUT2D eigenvalue weighted by Crippen LogP contribution is -2.44. The van der Waals surface area contributed by atoms with E-state index in [4.69, 9.17) is 10.5 Å². The molecule has 24 heavy (non-hydrogen) atoms. The average molecular weight is 357 g/mol. The number of ether oxygens (including phenoxy) is 1. The molecule has 0 saturated carbocycles. The van der Waals surface area contributed by atoms with Crippen LogP contribution in [0.5, 0.6) is 5.75 Å². The first kappa shape index (κ1) is 20.2. The summed E-state index contributed by atoms with van der Waals surface area (Å²) in [6, 6.07) is 6.39. The Hall–Kier alpha value is -1.83. The molecular formula is C16H25ClN4O3. The Balaban J connectivity index is 0.00000288. The summed E-state index contributed by atoms with van der Waals surface area (Å²) in [5, 5.41) is 6.15. The van der Waals surface area contributed by atoms with Crippen LogP contribution in [0.1, 0.15) is 16.8 Å². The third-order valence-corrected chi connectivity index (χ3v) is 3.69. The first-order chi connectivity index (χ1) is 11.1. The van der Waals surface area contributed by atoms with Crippen LogP contribution in [0.25, 0.3) is 0 Å². The van der Waals surface area contributed by atoms with Crippen molar-refractivity contribution in [3.05, 3.63) is 29.8 Å². The lowest BCUT2D eigenvalue weighted by Gasteiger charge is -2.27. The van der Waals surface area contributed by atoms with Gasteiger partial charge in [0.2, 0.25) is 5.91 Å². The summed E-state index contributed by atoms with van der Waals surface area (Å²) in [4.78, 5) is 25.0. The monoisotopic (exact) mass is 356 g/mol. The Kier molecular flexibility index (Phi) is 9.14. The summed E-state index contributed by atoms with van der Waals surface area (Å²) in [5.74, 6) is -0.103. The molecule has 0 unspecified atom stereocenters. The zero-order valence-electron chi connectivity index (χ0n) is 13.6. The Morgan fingerprint density at radius 1 is 1.21 bits per heavy atom. The van der Waals surface area contributed by atoms with Gasteiger partial charge in [-0.2, -0.15) is 0 Å². The molecular weight excluding hydrogens is 332 g/mol. The summed E-state index contributed by atoms with van der Waals surface area (Å²) < 4.78 is 5.37. The highest BCUT2D eigenvalue weighted by molar-refractivity contribution is 5.92. The number of rotatable bonds is 8. The quantitative estimate of drug-likeness (QED) is 0.570. The van der Waals surface area contributed by atoms with Gasteiger partial charge in [-0.3, -0.25) is 9.59 Å². The Bertz CT molecular complexity index is 519. The summed E-state index contributed by atoms with van der Waals surface area (Å²) in [6.45, 7) is 5.81. The Morgan fingerprint density at radius 3 is 2.50 bits per heavy atom. The van der Waals surface area contributed by atoms with Gasteiger partial charge in [0, 0.05) is 38.3 Å². The van der Waals surface area contributed by atoms with E-state index in [2.05, 4.69) is 15.5 Å². The minimum atomic E-state index is -0.487. The molecule has 0 bridgehead atoms. The molecule has 0 spiro atoms. The van der Waals surface area contributed by atoms with Crippen LogP contribution in [0.4, 0.5) is 0 Å². The van der Waals surface area contributed by atoms with E-state index in [1.54, 1.807) is 24.3 Å². The zero-order valence-corrected chi connectivity index (χ0v) is 14.4. The fraction of sp³-hybridized carbons (Fsp3) is 0.500. The van der Waals surface area contributed by atoms with Crippen LogP contribution >= 0.6 is 12.4 Å². The van der Waals surface area contributed by atoms with E-state index in [0.29, 0.717) is 17.9 Å². The van der Waals surface area contributed by atoms with Gasteiger partial charge in [0.1, 0.15) is 5.75 Å². The van der Waals surface area contributed by atoms with E-state index in [0.717, 1.165) is 39.1 Å². The fourth-order valence-corrected chi connectivity index (χ4v) is 2.38. The van der Waals surface area contributed by atoms with Crippen LogP contribution in [0.2, 0.25) is 0 Å². The largest absolute Gasteiger partial charge is 0.484 e. The minimum Gasteiger partial charge on any atom is -0.484 e. The standard InChI is InChI=1S/C16H24N4O3.ClH/c17-16(22)13-2-4-14(5-3-13)23-12-15(21)19-6-1-9-20-10-7-18-8-11-20;/h2-5,18H,1,6-12H2,(H2,17,22)(H,19,21);1H. The fourth-order valence-electron chi connectivity index (χ4n) is 2.38. The number of hydrogen-bond acceptors (Lipinski definition) is 5. The van der Waals surface area contributed by atoms with Gasteiger partial charge in [-0.15, -0.1) is 12.4 Å². The second kappa shape index (κ2) is 10.9. The molecule has 1 aliphatic heterocycles. The topological polar surface area (TPSA) is 96.7 Å². The summed E-state index contributed by atoms with van der Waals surface area (Å²) in [7, 11) is 0. The highest BCUT2D eigenvalue weighted by Crippen LogP contribution is 2.11. The van der Waals surface area contributed by atoms with Gasteiger partial charge in [-0.1, -0.05) is 0 Å². The number of nitrogens with zero attached hydrogens (tertiary/aromatic N) is 1. The smallest absolute Gasteiger partial charge is 0.257 e. The van der Waals surface area contributed by atoms with E-state index in [1.807, 2.05) is 0 Å². The van der Waals surface area contributed by atoms with Crippen LogP contribution in [0, 0.1) is 0 Å². The number of hydrogen-bond donors (Lipinski definition) is 3. The zero-order chi connectivity index (χ0) is 16.5. The molecule has 1 heterocycles. The number of halogens is 1. The maximum Gasteiger partial charge on any atom is 0.257 e. The molecule has 134 valence electrons. The number of nitrogens with one attached hydrogen (secondary N) is 2. The molecule has 1 aliphatic rings. The summed E-state index contributed by atoms with van der Waals surface area (Å²) >= 11 is 0. The number of amides is 2. The molecule has 1 fully saturated rings. The molecule has 2 amide bonds. The normalized spacial score (nSPS) is 14.5. The van der Waals surface area contributed by atoms with Gasteiger partial charge in [0.25, 0.3) is 5.91 Å². The molecule has 2 rings (SSSR count). The van der Waals surface area contributed by atoms with E-state index < -0.39 is 5.91 Å². The molecule has 0 atom stereocenters. The van der Waals surface area contributed by atoms with Crippen molar-refractivity contribution in [2.24, 2.45) is 5.73 Å². The molecule has 7 nitrogen and oxygen atoms in total. The molecule has 4 N–H and O–H groups in total. The van der Waals surface area contributed by atoms with E-state index in [1.165, 1.54) is 0 Å². The number of primary amides is 1. The predicted molar refractivity (Wildman–Crippen MR) is 94.6 cm³/mol. The minimum absolute atomic E-state index is 0. The summed E-state index contributed by atoms with van der Waals surface area (Å²) in [5.41, 5.74) is 5.57. The Labute approximate surface area is 148 Å². The maximum atomic E-state index is 11.7. The molecule has 0 aromatic heterocycles. The molecule has 1 aromatic carbocycles. The van der Waals surface area contributed by atoms with Crippen molar-refractivity contribution >= 4 is 24.2 Å². The number of carbonyl (C=O) groups excluding carboxylic acids is 2. The van der Waals surface area contributed by atoms with Gasteiger partial charge >= 0.3 is 0 Å². The maximum absolute atomic E-state index is 11.7. The van der Waals surface area contributed by atoms with E-state index in [-0.39, 0.29) is 24.9 Å². The summed E-state index contributed by atoms with van der Waals surface area (Å²) in [6.07, 6.45) is 0.930. The molecule has 1 aromatic rings. The molecule has 1 saturated heterocycles. The van der Waals surface area contributed by atoms with Crippen LogP contribution in [-0.2, 0) is 4.79 Å². The van der Waals surface area contributed by atoms with Crippen molar-refractivity contribution in [2.45, 2.75) is 6.42 Å². The lowest BCUT2D eigenvalue weighted by molar-refractivity contribution is -0.123. The van der Waals surface area contributed by atoms with Crippen molar-refractivity contribution in [2.75, 3.05) is 45.9 Å². The van der Waals surface area contributed by atoms with Gasteiger partial charge in [0.05, 0.1) is 0 Å². The highest BCUT2D eigenvalue weighted by Gasteiger charge is 2.09. The van der Waals surface area contributed by atoms with Crippen molar-refractivity contribution in [1.82, 2.24) is 15.5 Å². The van der Waals surface area contributed by atoms with Gasteiger partial charge < -0.3 is 26.0 Å². The third-order valence-electron chi connectivity index (χ3n) is 3.69. The van der Waals surface area contributed by atoms with Crippen LogP contribution in [-0.4, -0.2) is 62.6 Å². The van der Waals surface area contributed by atoms with Gasteiger partial charge in [-0.25, -0.2) is 0 Å². The Morgan fingerprint density at radius 2 is 1.88 bits per heavy atom. The van der Waals surface area contributed by atoms with E-state index in [9.17, 15) is 9.59 Å². The molecule has 0 aliphatic carbocycles. The first-order valence-electron chi connectivity index (χ1n) is 7.87. The van der Waals surface area contributed by atoms with Gasteiger partial charge in [-0.05, 0) is 37.2 Å². The number of carbonyl (C=O) groups is 2. The van der Waals surface area contributed by atoms with Crippen LogP contribution < -0.4 is 21.1 Å². The molecule has 0 radical (unpaired) electrons. The first-order valence-corrected chi connectivity index (χ1v) is 7.87. The van der Waals surface area contributed by atoms with Crippen molar-refractivity contribution in [1.29, 1.82) is 0 Å². The number of benzene rings is 1. The number of nitrogens with two attached hydrogens (primary N) is 1. The predicted octanol–water partition coefficient (Wildman–Crippen LogP) is -0.00240. The molecule has 8 heteroatoms. The second-order valence-electron chi connectivity index (χ2n) is 5.47. The second-order valence-corrected chi connectivity index (χ2v) is 5.47. The number of piperazine rings is 1. The van der Waals surface area contributed by atoms with Gasteiger partial charge in [0.15, 0.2) is 6.61 Å². The lowest BCUT2D eigenvalue weighted by atomic mass is 10.2. The van der Waals surface area contributed by atoms with Crippen molar-refractivity contribution in [3.8, 4) is 5.75 Å². The van der Waals surface area contributed by atoms with Crippen molar-refractivity contribution in [3.63, 3.8) is 0 Å². The third kappa shape index (κ3) is 7.16. The van der Waals surface area contributed by atoms with Crippen molar-refractivity contribution < 1.29 is 14.3 Å². The van der Waals surface area contributed by atoms with E-state index >= 15 is 0 Å². The average Bonchev–Trinajstić information content (AvgIpc) is 2.58. The van der Waals surface area contributed by atoms with Crippen LogP contribution in [0.3, 0.4) is 0 Å². The SMILES string of the molecule is Cl.NC(=O)c1ccc(OCC(=O)NCCCN2CCNCC2)cc1. The van der Waals surface area contributed by atoms with Crippen LogP contribution in [0.15, 0.2) is 24.3 Å². The highest BCUT2D eigenvalue weighted by atomic mass is 35.5.